The molecule has 0 saturated carbocycles. The Morgan fingerprint density at radius 2 is 1.89 bits per heavy atom. The number of fused-ring (bicyclic) bond motifs is 1. The second-order valence-corrected chi connectivity index (χ2v) is 10.3. The summed E-state index contributed by atoms with van der Waals surface area (Å²) in [7, 11) is 0. The van der Waals surface area contributed by atoms with Gasteiger partial charge in [0.1, 0.15) is 24.7 Å². The fourth-order valence-electron chi connectivity index (χ4n) is 4.48. The molecule has 0 fully saturated rings. The van der Waals surface area contributed by atoms with Crippen LogP contribution in [-0.2, 0) is 11.2 Å². The first-order valence-electron chi connectivity index (χ1n) is 11.9. The van der Waals surface area contributed by atoms with E-state index in [4.69, 9.17) is 4.74 Å². The predicted octanol–water partition coefficient (Wildman–Crippen LogP) is 5.50. The van der Waals surface area contributed by atoms with Crippen LogP contribution in [0, 0.1) is 18.7 Å². The molecule has 184 valence electrons. The highest BCUT2D eigenvalue weighted by Crippen LogP contribution is 2.34. The fraction of sp³-hybridized carbons (Fsp3) is 0.357. The van der Waals surface area contributed by atoms with E-state index in [1.165, 1.54) is 21.9 Å². The molecule has 0 spiro atoms. The van der Waals surface area contributed by atoms with Crippen molar-refractivity contribution in [2.24, 2.45) is 5.92 Å². The molecule has 0 radical (unpaired) electrons. The molecule has 5 nitrogen and oxygen atoms in total. The molecule has 4 rings (SSSR count). The first-order chi connectivity index (χ1) is 16.8. The van der Waals surface area contributed by atoms with Crippen molar-refractivity contribution in [2.45, 2.75) is 33.2 Å². The monoisotopic (exact) mass is 494 g/mol. The minimum Gasteiger partial charge on any atom is -0.491 e. The van der Waals surface area contributed by atoms with Crippen LogP contribution in [0.2, 0.25) is 0 Å². The Bertz CT molecular complexity index is 1190. The average Bonchev–Trinajstić information content (AvgIpc) is 3.32. The Morgan fingerprint density at radius 3 is 2.63 bits per heavy atom. The molecule has 0 N–H and O–H groups in total. The van der Waals surface area contributed by atoms with Gasteiger partial charge in [-0.1, -0.05) is 44.2 Å². The number of nitrogens with zero attached hydrogens (tertiary/aromatic N) is 2. The highest BCUT2D eigenvalue weighted by Gasteiger charge is 2.34. The molecule has 2 aromatic carbocycles. The highest BCUT2D eigenvalue weighted by atomic mass is 32.1. The summed E-state index contributed by atoms with van der Waals surface area (Å²) in [6, 6.07) is 15.5. The SMILES string of the molecule is Cc1ccccc1OC[C@H]1c2ccsc2CCN1C(=O)CN(CC(C)C)C(=O)c1ccccc1F. The lowest BCUT2D eigenvalue weighted by atomic mass is 10.00. The molecule has 2 heterocycles. The Balaban J connectivity index is 1.55. The summed E-state index contributed by atoms with van der Waals surface area (Å²) in [6.07, 6.45) is 0.769. The molecule has 0 aliphatic carbocycles. The number of hydrogen-bond donors (Lipinski definition) is 0. The van der Waals surface area contributed by atoms with E-state index in [1.807, 2.05) is 55.3 Å². The highest BCUT2D eigenvalue weighted by molar-refractivity contribution is 7.10. The van der Waals surface area contributed by atoms with Crippen LogP contribution in [0.4, 0.5) is 4.39 Å². The molecule has 7 heteroatoms. The van der Waals surface area contributed by atoms with Gasteiger partial charge in [0.15, 0.2) is 0 Å². The second-order valence-electron chi connectivity index (χ2n) is 9.29. The standard InChI is InChI=1S/C28H31FN2O3S/c1-19(2)16-30(28(33)21-9-5-6-10-23(21)29)17-27(32)31-14-12-26-22(13-15-35-26)24(31)18-34-25-11-7-4-8-20(25)3/h4-11,13,15,19,24H,12,14,16-18H2,1-3H3/t24-/m0/s1. The van der Waals surface area contributed by atoms with Crippen molar-refractivity contribution in [2.75, 3.05) is 26.2 Å². The molecule has 2 amide bonds. The summed E-state index contributed by atoms with van der Waals surface area (Å²) >= 11 is 1.69. The number of ether oxygens (including phenoxy) is 1. The van der Waals surface area contributed by atoms with Crippen LogP contribution in [0.15, 0.2) is 60.0 Å². The molecule has 0 unspecified atom stereocenters. The van der Waals surface area contributed by atoms with Crippen LogP contribution < -0.4 is 4.74 Å². The van der Waals surface area contributed by atoms with E-state index >= 15 is 0 Å². The van der Waals surface area contributed by atoms with Gasteiger partial charge in [0, 0.05) is 18.0 Å². The summed E-state index contributed by atoms with van der Waals surface area (Å²) in [5.41, 5.74) is 2.11. The molecule has 1 atom stereocenters. The van der Waals surface area contributed by atoms with Crippen molar-refractivity contribution in [3.05, 3.63) is 87.4 Å². The number of hydrogen-bond acceptors (Lipinski definition) is 4. The van der Waals surface area contributed by atoms with Gasteiger partial charge in [0.2, 0.25) is 5.91 Å². The number of para-hydroxylation sites is 1. The number of carbonyl (C=O) groups is 2. The molecule has 0 saturated heterocycles. The van der Waals surface area contributed by atoms with Gasteiger partial charge in [-0.25, -0.2) is 4.39 Å². The molecular formula is C28H31FN2O3S. The van der Waals surface area contributed by atoms with E-state index in [0.29, 0.717) is 19.7 Å². The second kappa shape index (κ2) is 11.0. The lowest BCUT2D eigenvalue weighted by molar-refractivity contribution is -0.135. The Labute approximate surface area is 210 Å². The normalized spacial score (nSPS) is 15.1. The van der Waals surface area contributed by atoms with Crippen molar-refractivity contribution < 1.29 is 18.7 Å². The molecule has 3 aromatic rings. The molecule has 0 bridgehead atoms. The lowest BCUT2D eigenvalue weighted by Gasteiger charge is -2.37. The maximum Gasteiger partial charge on any atom is 0.257 e. The first kappa shape index (κ1) is 24.9. The predicted molar refractivity (Wildman–Crippen MR) is 136 cm³/mol. The van der Waals surface area contributed by atoms with Crippen LogP contribution in [0.5, 0.6) is 5.75 Å². The average molecular weight is 495 g/mol. The topological polar surface area (TPSA) is 49.9 Å². The summed E-state index contributed by atoms with van der Waals surface area (Å²) in [5, 5.41) is 2.05. The van der Waals surface area contributed by atoms with E-state index in [0.717, 1.165) is 23.3 Å². The van der Waals surface area contributed by atoms with E-state index in [2.05, 4.69) is 6.07 Å². The zero-order valence-electron chi connectivity index (χ0n) is 20.4. The summed E-state index contributed by atoms with van der Waals surface area (Å²) in [5.74, 6) is -0.289. The van der Waals surface area contributed by atoms with Crippen LogP contribution in [0.1, 0.15) is 46.3 Å². The third-order valence-corrected chi connectivity index (χ3v) is 7.21. The van der Waals surface area contributed by atoms with Crippen molar-refractivity contribution >= 4 is 23.2 Å². The van der Waals surface area contributed by atoms with Gasteiger partial charge in [-0.05, 0) is 60.0 Å². The van der Waals surface area contributed by atoms with Gasteiger partial charge in [-0.3, -0.25) is 9.59 Å². The number of benzene rings is 2. The number of aryl methyl sites for hydroxylation is 1. The van der Waals surface area contributed by atoms with Crippen molar-refractivity contribution in [1.82, 2.24) is 9.80 Å². The van der Waals surface area contributed by atoms with Crippen LogP contribution >= 0.6 is 11.3 Å². The zero-order valence-corrected chi connectivity index (χ0v) is 21.2. The molecule has 35 heavy (non-hydrogen) atoms. The molecule has 1 aliphatic heterocycles. The van der Waals surface area contributed by atoms with Gasteiger partial charge >= 0.3 is 0 Å². The fourth-order valence-corrected chi connectivity index (χ4v) is 5.41. The van der Waals surface area contributed by atoms with Crippen LogP contribution in [0.25, 0.3) is 0 Å². The summed E-state index contributed by atoms with van der Waals surface area (Å²) in [4.78, 5) is 31.4. The van der Waals surface area contributed by atoms with Crippen molar-refractivity contribution in [3.8, 4) is 5.75 Å². The lowest BCUT2D eigenvalue weighted by Crippen LogP contribution is -2.48. The number of thiophene rings is 1. The summed E-state index contributed by atoms with van der Waals surface area (Å²) in [6.45, 7) is 7.08. The van der Waals surface area contributed by atoms with Crippen molar-refractivity contribution in [3.63, 3.8) is 0 Å². The van der Waals surface area contributed by atoms with E-state index in [1.54, 1.807) is 23.5 Å². The number of carbonyl (C=O) groups excluding carboxylic acids is 2. The summed E-state index contributed by atoms with van der Waals surface area (Å²) < 4.78 is 20.5. The minimum absolute atomic E-state index is 0.0147. The zero-order chi connectivity index (χ0) is 24.9. The molecular weight excluding hydrogens is 463 g/mol. The van der Waals surface area contributed by atoms with Gasteiger partial charge in [0.25, 0.3) is 5.91 Å². The number of halogens is 1. The molecule has 1 aliphatic rings. The van der Waals surface area contributed by atoms with Crippen LogP contribution in [-0.4, -0.2) is 47.9 Å². The minimum atomic E-state index is -0.580. The van der Waals surface area contributed by atoms with E-state index < -0.39 is 11.7 Å². The van der Waals surface area contributed by atoms with Gasteiger partial charge in [-0.2, -0.15) is 0 Å². The first-order valence-corrected chi connectivity index (χ1v) is 12.8. The number of amides is 2. The Kier molecular flexibility index (Phi) is 7.86. The number of rotatable bonds is 8. The molecule has 1 aromatic heterocycles. The Morgan fingerprint density at radius 1 is 1.14 bits per heavy atom. The Hall–Kier alpha value is -3.19. The maximum absolute atomic E-state index is 14.4. The third kappa shape index (κ3) is 5.73. The largest absolute Gasteiger partial charge is 0.491 e. The van der Waals surface area contributed by atoms with E-state index in [-0.39, 0.29) is 30.0 Å². The van der Waals surface area contributed by atoms with Gasteiger partial charge in [0.05, 0.1) is 11.6 Å². The quantitative estimate of drug-likeness (QED) is 0.416. The maximum atomic E-state index is 14.4. The van der Waals surface area contributed by atoms with Crippen molar-refractivity contribution in [1.29, 1.82) is 0 Å². The van der Waals surface area contributed by atoms with E-state index in [9.17, 15) is 14.0 Å². The van der Waals surface area contributed by atoms with Gasteiger partial charge < -0.3 is 14.5 Å². The van der Waals surface area contributed by atoms with Crippen LogP contribution in [0.3, 0.4) is 0 Å². The van der Waals surface area contributed by atoms with Gasteiger partial charge in [-0.15, -0.1) is 11.3 Å². The third-order valence-electron chi connectivity index (χ3n) is 6.21. The smallest absolute Gasteiger partial charge is 0.257 e.